The number of benzene rings is 2. The molecular weight excluding hydrogens is 286 g/mol. The van der Waals surface area contributed by atoms with Crippen LogP contribution in [0.5, 0.6) is 5.75 Å². The van der Waals surface area contributed by atoms with E-state index in [1.165, 1.54) is 5.56 Å². The van der Waals surface area contributed by atoms with E-state index in [2.05, 4.69) is 28.9 Å². The lowest BCUT2D eigenvalue weighted by Crippen LogP contribution is -2.38. The molecule has 2 aromatic rings. The van der Waals surface area contributed by atoms with E-state index in [4.69, 9.17) is 9.47 Å². The smallest absolute Gasteiger partial charge is 0.118 e. The van der Waals surface area contributed by atoms with E-state index in [0.717, 1.165) is 37.6 Å². The summed E-state index contributed by atoms with van der Waals surface area (Å²) in [4.78, 5) is 2.38. The molecule has 0 amide bonds. The number of methoxy groups -OCH3 is 1. The molecule has 0 bridgehead atoms. The predicted molar refractivity (Wildman–Crippen MR) is 91.4 cm³/mol. The van der Waals surface area contributed by atoms with Gasteiger partial charge in [0.15, 0.2) is 0 Å². The molecule has 0 spiro atoms. The van der Waals surface area contributed by atoms with Crippen LogP contribution in [0.4, 0.5) is 0 Å². The molecule has 3 heteroatoms. The Morgan fingerprint density at radius 3 is 2.35 bits per heavy atom. The van der Waals surface area contributed by atoms with Gasteiger partial charge in [-0.05, 0) is 29.8 Å². The van der Waals surface area contributed by atoms with E-state index in [1.54, 1.807) is 7.11 Å². The van der Waals surface area contributed by atoms with Crippen molar-refractivity contribution in [3.63, 3.8) is 0 Å². The van der Waals surface area contributed by atoms with Gasteiger partial charge in [-0.15, -0.1) is 0 Å². The Labute approximate surface area is 137 Å². The Balaban J connectivity index is 1.88. The minimum atomic E-state index is 0.0741. The van der Waals surface area contributed by atoms with Crippen molar-refractivity contribution in [2.45, 2.75) is 6.04 Å². The normalized spacial score (nSPS) is 16.2. The lowest BCUT2D eigenvalue weighted by atomic mass is 10.0. The highest BCUT2D eigenvalue weighted by molar-refractivity contribution is 5.39. The van der Waals surface area contributed by atoms with Crippen LogP contribution in [-0.2, 0) is 4.74 Å². The van der Waals surface area contributed by atoms with Crippen molar-refractivity contribution in [1.82, 2.24) is 4.90 Å². The predicted octanol–water partition coefficient (Wildman–Crippen LogP) is 3.12. The highest BCUT2D eigenvalue weighted by atomic mass is 16.5. The van der Waals surface area contributed by atoms with Gasteiger partial charge in [0.1, 0.15) is 5.75 Å². The summed E-state index contributed by atoms with van der Waals surface area (Å²) in [7, 11) is 1.68. The molecule has 0 N–H and O–H groups in total. The Hall–Kier alpha value is -2.28. The topological polar surface area (TPSA) is 21.7 Å². The summed E-state index contributed by atoms with van der Waals surface area (Å²) in [5.41, 5.74) is 2.23. The SMILES string of the molecule is COc1ccc([C@H](C#Cc2ccccc2)N2CCOCC2)cc1. The summed E-state index contributed by atoms with van der Waals surface area (Å²) in [5.74, 6) is 7.61. The largest absolute Gasteiger partial charge is 0.497 e. The monoisotopic (exact) mass is 307 g/mol. The number of hydrogen-bond donors (Lipinski definition) is 0. The average molecular weight is 307 g/mol. The van der Waals surface area contributed by atoms with Crippen molar-refractivity contribution in [2.75, 3.05) is 33.4 Å². The summed E-state index contributed by atoms with van der Waals surface area (Å²) in [5, 5.41) is 0. The first-order chi connectivity index (χ1) is 11.4. The second-order valence-electron chi connectivity index (χ2n) is 5.46. The molecule has 0 aromatic heterocycles. The number of hydrogen-bond acceptors (Lipinski definition) is 3. The fraction of sp³-hybridized carbons (Fsp3) is 0.300. The maximum atomic E-state index is 5.48. The van der Waals surface area contributed by atoms with E-state index in [-0.39, 0.29) is 6.04 Å². The molecule has 0 radical (unpaired) electrons. The van der Waals surface area contributed by atoms with Gasteiger partial charge in [-0.3, -0.25) is 4.90 Å². The van der Waals surface area contributed by atoms with E-state index in [0.29, 0.717) is 0 Å². The molecule has 118 valence electrons. The number of rotatable bonds is 3. The van der Waals surface area contributed by atoms with Crippen LogP contribution in [0, 0.1) is 11.8 Å². The van der Waals surface area contributed by atoms with Crippen LogP contribution in [0.3, 0.4) is 0 Å². The third-order valence-corrected chi connectivity index (χ3v) is 3.97. The summed E-state index contributed by atoms with van der Waals surface area (Å²) in [6.07, 6.45) is 0. The highest BCUT2D eigenvalue weighted by Gasteiger charge is 2.20. The fourth-order valence-electron chi connectivity index (χ4n) is 2.68. The van der Waals surface area contributed by atoms with Gasteiger partial charge in [-0.1, -0.05) is 42.2 Å². The third-order valence-electron chi connectivity index (χ3n) is 3.97. The summed E-state index contributed by atoms with van der Waals surface area (Å²) in [6.45, 7) is 3.33. The molecule has 3 nitrogen and oxygen atoms in total. The van der Waals surface area contributed by atoms with Crippen molar-refractivity contribution in [3.8, 4) is 17.6 Å². The lowest BCUT2D eigenvalue weighted by Gasteiger charge is -2.31. The quantitative estimate of drug-likeness (QED) is 0.813. The van der Waals surface area contributed by atoms with Gasteiger partial charge < -0.3 is 9.47 Å². The minimum Gasteiger partial charge on any atom is -0.497 e. The van der Waals surface area contributed by atoms with Crippen molar-refractivity contribution in [1.29, 1.82) is 0 Å². The van der Waals surface area contributed by atoms with Crippen molar-refractivity contribution in [2.24, 2.45) is 0 Å². The van der Waals surface area contributed by atoms with Crippen LogP contribution in [0.15, 0.2) is 54.6 Å². The first kappa shape index (κ1) is 15.6. The van der Waals surface area contributed by atoms with Gasteiger partial charge in [0.2, 0.25) is 0 Å². The first-order valence-electron chi connectivity index (χ1n) is 7.89. The average Bonchev–Trinajstić information content (AvgIpc) is 2.64. The molecule has 1 atom stereocenters. The number of ether oxygens (including phenoxy) is 2. The van der Waals surface area contributed by atoms with Crippen molar-refractivity contribution < 1.29 is 9.47 Å². The third kappa shape index (κ3) is 4.13. The van der Waals surface area contributed by atoms with Crippen LogP contribution >= 0.6 is 0 Å². The molecule has 23 heavy (non-hydrogen) atoms. The molecule has 1 saturated heterocycles. The first-order valence-corrected chi connectivity index (χ1v) is 7.89. The molecule has 0 saturated carbocycles. The van der Waals surface area contributed by atoms with Gasteiger partial charge in [0.25, 0.3) is 0 Å². The van der Waals surface area contributed by atoms with Gasteiger partial charge in [-0.2, -0.15) is 0 Å². The van der Waals surface area contributed by atoms with Crippen LogP contribution in [0.25, 0.3) is 0 Å². The Morgan fingerprint density at radius 2 is 1.70 bits per heavy atom. The van der Waals surface area contributed by atoms with E-state index in [1.807, 2.05) is 42.5 Å². The zero-order valence-electron chi connectivity index (χ0n) is 13.4. The van der Waals surface area contributed by atoms with E-state index >= 15 is 0 Å². The van der Waals surface area contributed by atoms with Crippen molar-refractivity contribution in [3.05, 3.63) is 65.7 Å². The summed E-state index contributed by atoms with van der Waals surface area (Å²) >= 11 is 0. The van der Waals surface area contributed by atoms with Crippen LogP contribution in [0.2, 0.25) is 0 Å². The number of morpholine rings is 1. The molecular formula is C20H21NO2. The van der Waals surface area contributed by atoms with Crippen molar-refractivity contribution >= 4 is 0 Å². The molecule has 0 unspecified atom stereocenters. The van der Waals surface area contributed by atoms with E-state index < -0.39 is 0 Å². The number of nitrogens with zero attached hydrogens (tertiary/aromatic N) is 1. The Bertz CT molecular complexity index is 664. The van der Waals surface area contributed by atoms with E-state index in [9.17, 15) is 0 Å². The molecule has 1 aliphatic rings. The van der Waals surface area contributed by atoms with Crippen LogP contribution in [0.1, 0.15) is 17.2 Å². The zero-order valence-corrected chi connectivity index (χ0v) is 13.4. The van der Waals surface area contributed by atoms with Crippen LogP contribution in [-0.4, -0.2) is 38.3 Å². The minimum absolute atomic E-state index is 0.0741. The van der Waals surface area contributed by atoms with Gasteiger partial charge in [0.05, 0.1) is 26.4 Å². The molecule has 0 aliphatic carbocycles. The second-order valence-corrected chi connectivity index (χ2v) is 5.46. The fourth-order valence-corrected chi connectivity index (χ4v) is 2.68. The highest BCUT2D eigenvalue weighted by Crippen LogP contribution is 2.23. The summed E-state index contributed by atoms with van der Waals surface area (Å²) < 4.78 is 10.7. The standard InChI is InChI=1S/C20H21NO2/c1-22-19-10-8-18(9-11-19)20(21-13-15-23-16-14-21)12-7-17-5-3-2-4-6-17/h2-6,8-11,20H,13-16H2,1H3/t20-/m0/s1. The maximum Gasteiger partial charge on any atom is 0.118 e. The molecule has 1 heterocycles. The molecule has 1 aliphatic heterocycles. The summed E-state index contributed by atoms with van der Waals surface area (Å²) in [6, 6.07) is 18.4. The zero-order chi connectivity index (χ0) is 15.9. The van der Waals surface area contributed by atoms with Crippen LogP contribution < -0.4 is 4.74 Å². The maximum absolute atomic E-state index is 5.48. The van der Waals surface area contributed by atoms with Gasteiger partial charge >= 0.3 is 0 Å². The Kier molecular flexibility index (Phi) is 5.31. The molecule has 1 fully saturated rings. The second kappa shape index (κ2) is 7.82. The van der Waals surface area contributed by atoms with Gasteiger partial charge in [0, 0.05) is 18.7 Å². The molecule has 2 aromatic carbocycles. The van der Waals surface area contributed by atoms with Gasteiger partial charge in [-0.25, -0.2) is 0 Å². The molecule has 3 rings (SSSR count). The lowest BCUT2D eigenvalue weighted by molar-refractivity contribution is 0.0270. The Morgan fingerprint density at radius 1 is 1.00 bits per heavy atom.